The molecule has 0 bridgehead atoms. The van der Waals surface area contributed by atoms with Crippen molar-refractivity contribution in [2.24, 2.45) is 5.92 Å². The molecular weight excluding hydrogens is 250 g/mol. The Morgan fingerprint density at radius 2 is 1.95 bits per heavy atom. The highest BCUT2D eigenvalue weighted by molar-refractivity contribution is 5.76. The summed E-state index contributed by atoms with van der Waals surface area (Å²) in [7, 11) is 0. The second-order valence-electron chi connectivity index (χ2n) is 5.43. The molecule has 1 aromatic heterocycles. The molecule has 0 saturated heterocycles. The fraction of sp³-hybridized carbons (Fsp3) is 0.375. The van der Waals surface area contributed by atoms with Gasteiger partial charge in [-0.2, -0.15) is 0 Å². The van der Waals surface area contributed by atoms with Crippen LogP contribution >= 0.6 is 0 Å². The highest BCUT2D eigenvalue weighted by Crippen LogP contribution is 2.07. The fourth-order valence-electron chi connectivity index (χ4n) is 2.00. The van der Waals surface area contributed by atoms with Crippen molar-refractivity contribution < 1.29 is 4.79 Å². The van der Waals surface area contributed by atoms with Gasteiger partial charge in [0.15, 0.2) is 0 Å². The minimum Gasteiger partial charge on any atom is -0.352 e. The number of imidazole rings is 1. The van der Waals surface area contributed by atoms with Gasteiger partial charge in [0, 0.05) is 31.9 Å². The molecule has 1 N–H and O–H groups in total. The van der Waals surface area contributed by atoms with Gasteiger partial charge in [-0.1, -0.05) is 38.1 Å². The van der Waals surface area contributed by atoms with Crippen LogP contribution in [0.15, 0.2) is 43.0 Å². The summed E-state index contributed by atoms with van der Waals surface area (Å²) in [5.74, 6) is 0.509. The van der Waals surface area contributed by atoms with Crippen LogP contribution in [-0.2, 0) is 17.9 Å². The average Bonchev–Trinajstić information content (AvgIpc) is 2.90. The Morgan fingerprint density at radius 3 is 2.55 bits per heavy atom. The normalized spacial score (nSPS) is 10.8. The Hall–Kier alpha value is -2.10. The van der Waals surface area contributed by atoms with Crippen LogP contribution < -0.4 is 5.32 Å². The molecule has 0 saturated carbocycles. The van der Waals surface area contributed by atoms with E-state index in [1.165, 1.54) is 5.56 Å². The molecule has 1 aromatic carbocycles. The van der Waals surface area contributed by atoms with Crippen molar-refractivity contribution in [2.75, 3.05) is 0 Å². The summed E-state index contributed by atoms with van der Waals surface area (Å²) in [4.78, 5) is 15.6. The fourth-order valence-corrected chi connectivity index (χ4v) is 2.00. The number of carbonyl (C=O) groups is 1. The Kier molecular flexibility index (Phi) is 4.93. The van der Waals surface area contributed by atoms with Crippen LogP contribution in [0.3, 0.4) is 0 Å². The maximum absolute atomic E-state index is 11.6. The van der Waals surface area contributed by atoms with Gasteiger partial charge in [0.05, 0.1) is 6.33 Å². The van der Waals surface area contributed by atoms with Crippen LogP contribution in [0.5, 0.6) is 0 Å². The molecule has 106 valence electrons. The van der Waals surface area contributed by atoms with Gasteiger partial charge >= 0.3 is 0 Å². The molecule has 4 nitrogen and oxygen atoms in total. The molecule has 2 aromatic rings. The van der Waals surface area contributed by atoms with Crippen LogP contribution in [0.4, 0.5) is 0 Å². The lowest BCUT2D eigenvalue weighted by Gasteiger charge is -2.08. The van der Waals surface area contributed by atoms with E-state index in [2.05, 4.69) is 34.6 Å². The van der Waals surface area contributed by atoms with Crippen LogP contribution in [-0.4, -0.2) is 15.5 Å². The molecule has 0 aliphatic heterocycles. The van der Waals surface area contributed by atoms with E-state index in [0.29, 0.717) is 18.9 Å². The maximum Gasteiger partial charge on any atom is 0.220 e. The summed E-state index contributed by atoms with van der Waals surface area (Å²) in [6, 6.07) is 8.29. The first-order valence-electron chi connectivity index (χ1n) is 6.94. The molecule has 0 aliphatic rings. The number of hydrogen-bond donors (Lipinski definition) is 1. The zero-order chi connectivity index (χ0) is 14.4. The second kappa shape index (κ2) is 6.89. The van der Waals surface area contributed by atoms with Gasteiger partial charge < -0.3 is 9.88 Å². The highest BCUT2D eigenvalue weighted by Gasteiger charge is 2.04. The lowest BCUT2D eigenvalue weighted by molar-refractivity contribution is -0.121. The minimum atomic E-state index is 0.113. The van der Waals surface area contributed by atoms with Crippen molar-refractivity contribution >= 4 is 5.91 Å². The molecule has 1 heterocycles. The Bertz CT molecular complexity index is 529. The van der Waals surface area contributed by atoms with E-state index < -0.39 is 0 Å². The molecule has 0 unspecified atom stereocenters. The summed E-state index contributed by atoms with van der Waals surface area (Å²) in [6.07, 6.45) is 6.11. The minimum absolute atomic E-state index is 0.113. The smallest absolute Gasteiger partial charge is 0.220 e. The Balaban J connectivity index is 1.84. The summed E-state index contributed by atoms with van der Waals surface area (Å²) in [5, 5.41) is 2.94. The summed E-state index contributed by atoms with van der Waals surface area (Å²) >= 11 is 0. The predicted molar refractivity (Wildman–Crippen MR) is 79.1 cm³/mol. The third kappa shape index (κ3) is 4.53. The molecule has 4 heteroatoms. The summed E-state index contributed by atoms with van der Waals surface area (Å²) in [6.45, 7) is 5.51. The van der Waals surface area contributed by atoms with E-state index in [-0.39, 0.29) is 5.91 Å². The van der Waals surface area contributed by atoms with E-state index in [0.717, 1.165) is 12.1 Å². The number of rotatable bonds is 6. The Morgan fingerprint density at radius 1 is 1.25 bits per heavy atom. The van der Waals surface area contributed by atoms with Crippen LogP contribution in [0.25, 0.3) is 0 Å². The molecule has 2 rings (SSSR count). The van der Waals surface area contributed by atoms with Crippen molar-refractivity contribution in [3.05, 3.63) is 54.1 Å². The number of benzene rings is 1. The van der Waals surface area contributed by atoms with Gasteiger partial charge in [0.25, 0.3) is 0 Å². The van der Waals surface area contributed by atoms with Crippen LogP contribution in [0.1, 0.15) is 31.4 Å². The van der Waals surface area contributed by atoms with E-state index in [1.54, 1.807) is 12.5 Å². The molecule has 20 heavy (non-hydrogen) atoms. The molecule has 0 radical (unpaired) electrons. The van der Waals surface area contributed by atoms with Crippen molar-refractivity contribution in [1.29, 1.82) is 0 Å². The van der Waals surface area contributed by atoms with E-state index in [1.807, 2.05) is 24.6 Å². The van der Waals surface area contributed by atoms with Gasteiger partial charge in [-0.25, -0.2) is 4.98 Å². The first-order chi connectivity index (χ1) is 9.63. The third-order valence-electron chi connectivity index (χ3n) is 3.03. The first-order valence-corrected chi connectivity index (χ1v) is 6.94. The van der Waals surface area contributed by atoms with Gasteiger partial charge in [-0.15, -0.1) is 0 Å². The molecule has 1 amide bonds. The number of nitrogens with zero attached hydrogens (tertiary/aromatic N) is 2. The quantitative estimate of drug-likeness (QED) is 0.878. The number of aromatic nitrogens is 2. The lowest BCUT2D eigenvalue weighted by atomic mass is 10.1. The van der Waals surface area contributed by atoms with Crippen LogP contribution in [0.2, 0.25) is 0 Å². The highest BCUT2D eigenvalue weighted by atomic mass is 16.1. The lowest BCUT2D eigenvalue weighted by Crippen LogP contribution is -2.23. The number of carbonyl (C=O) groups excluding carboxylic acids is 1. The summed E-state index contributed by atoms with van der Waals surface area (Å²) < 4.78 is 2.03. The molecular formula is C16H21N3O. The monoisotopic (exact) mass is 271 g/mol. The topological polar surface area (TPSA) is 46.9 Å². The van der Waals surface area contributed by atoms with E-state index >= 15 is 0 Å². The van der Waals surface area contributed by atoms with Gasteiger partial charge in [-0.05, 0) is 17.0 Å². The van der Waals surface area contributed by atoms with Crippen molar-refractivity contribution in [3.63, 3.8) is 0 Å². The maximum atomic E-state index is 11.6. The zero-order valence-electron chi connectivity index (χ0n) is 12.0. The molecule has 0 spiro atoms. The number of amides is 1. The third-order valence-corrected chi connectivity index (χ3v) is 3.03. The number of nitrogens with one attached hydrogen (secondary N) is 1. The van der Waals surface area contributed by atoms with Gasteiger partial charge in [0.1, 0.15) is 0 Å². The van der Waals surface area contributed by atoms with Crippen molar-refractivity contribution in [2.45, 2.75) is 33.4 Å². The standard InChI is InChI=1S/C16H21N3O/c1-13(2)9-16(20)18-10-14-3-5-15(6-4-14)11-19-8-7-17-12-19/h3-8,12-13H,9-11H2,1-2H3,(H,18,20). The van der Waals surface area contributed by atoms with Gasteiger partial charge in [-0.3, -0.25) is 4.79 Å². The van der Waals surface area contributed by atoms with Crippen molar-refractivity contribution in [3.8, 4) is 0 Å². The molecule has 0 atom stereocenters. The Labute approximate surface area is 119 Å². The largest absolute Gasteiger partial charge is 0.352 e. The molecule has 0 aliphatic carbocycles. The van der Waals surface area contributed by atoms with Crippen molar-refractivity contribution in [1.82, 2.24) is 14.9 Å². The molecule has 0 fully saturated rings. The summed E-state index contributed by atoms with van der Waals surface area (Å²) in [5.41, 5.74) is 2.34. The van der Waals surface area contributed by atoms with E-state index in [4.69, 9.17) is 0 Å². The average molecular weight is 271 g/mol. The van der Waals surface area contributed by atoms with Gasteiger partial charge in [0.2, 0.25) is 5.91 Å². The predicted octanol–water partition coefficient (Wildman–Crippen LogP) is 2.59. The SMILES string of the molecule is CC(C)CC(=O)NCc1ccc(Cn2ccnc2)cc1. The first kappa shape index (κ1) is 14.3. The second-order valence-corrected chi connectivity index (χ2v) is 5.43. The number of hydrogen-bond acceptors (Lipinski definition) is 2. The van der Waals surface area contributed by atoms with E-state index in [9.17, 15) is 4.79 Å². The van der Waals surface area contributed by atoms with Crippen LogP contribution in [0, 0.1) is 5.92 Å². The zero-order valence-corrected chi connectivity index (χ0v) is 12.0.